The first-order valence-corrected chi connectivity index (χ1v) is 13.9. The molecule has 0 aromatic heterocycles. The molecule has 3 fully saturated rings. The van der Waals surface area contributed by atoms with Gasteiger partial charge in [0.2, 0.25) is 11.8 Å². The summed E-state index contributed by atoms with van der Waals surface area (Å²) >= 11 is 0. The van der Waals surface area contributed by atoms with E-state index in [9.17, 15) is 14.0 Å². The maximum atomic E-state index is 14.0. The number of fused-ring (bicyclic) bond motifs is 1. The average Bonchev–Trinajstić information content (AvgIpc) is 2.93. The van der Waals surface area contributed by atoms with Crippen molar-refractivity contribution in [3.63, 3.8) is 0 Å². The van der Waals surface area contributed by atoms with Crippen LogP contribution >= 0.6 is 0 Å². The lowest BCUT2D eigenvalue weighted by Gasteiger charge is -2.45. The number of halogens is 1. The Kier molecular flexibility index (Phi) is 7.73. The molecule has 192 valence electrons. The van der Waals surface area contributed by atoms with Crippen LogP contribution in [0.3, 0.4) is 0 Å². The first kappa shape index (κ1) is 25.0. The Morgan fingerprint density at radius 3 is 2.33 bits per heavy atom. The molecule has 1 heterocycles. The van der Waals surface area contributed by atoms with Gasteiger partial charge in [-0.15, -0.1) is 0 Å². The SMILES string of the molecule is O=C(CCc1ccc(F)cc1)N1CCC(C(=O)NC2CCCC3CCCCC32)(c2ccccc2)CC1. The molecule has 5 heteroatoms. The van der Waals surface area contributed by atoms with Gasteiger partial charge in [-0.05, 0) is 67.2 Å². The zero-order valence-electron chi connectivity index (χ0n) is 21.3. The predicted octanol–water partition coefficient (Wildman–Crippen LogP) is 5.79. The molecule has 2 aromatic rings. The molecule has 3 aliphatic rings. The number of likely N-dealkylation sites (tertiary alicyclic amines) is 1. The van der Waals surface area contributed by atoms with Crippen LogP contribution in [0.25, 0.3) is 0 Å². The monoisotopic (exact) mass is 490 g/mol. The van der Waals surface area contributed by atoms with Crippen LogP contribution < -0.4 is 5.32 Å². The number of hydrogen-bond donors (Lipinski definition) is 1. The number of piperidine rings is 1. The highest BCUT2D eigenvalue weighted by Gasteiger charge is 2.45. The Balaban J connectivity index is 1.26. The van der Waals surface area contributed by atoms with Crippen LogP contribution in [-0.2, 0) is 21.4 Å². The fourth-order valence-electron chi connectivity index (χ4n) is 7.03. The van der Waals surface area contributed by atoms with Crippen LogP contribution in [0.15, 0.2) is 54.6 Å². The molecule has 0 bridgehead atoms. The predicted molar refractivity (Wildman–Crippen MR) is 140 cm³/mol. The van der Waals surface area contributed by atoms with Crippen molar-refractivity contribution in [1.82, 2.24) is 10.2 Å². The van der Waals surface area contributed by atoms with Gasteiger partial charge in [-0.1, -0.05) is 74.6 Å². The largest absolute Gasteiger partial charge is 0.352 e. The van der Waals surface area contributed by atoms with E-state index in [1.807, 2.05) is 23.1 Å². The normalized spacial score (nSPS) is 25.6. The molecular weight excluding hydrogens is 451 g/mol. The van der Waals surface area contributed by atoms with E-state index < -0.39 is 5.41 Å². The van der Waals surface area contributed by atoms with E-state index in [2.05, 4.69) is 17.4 Å². The molecule has 2 aliphatic carbocycles. The molecule has 36 heavy (non-hydrogen) atoms. The Labute approximate surface area is 214 Å². The van der Waals surface area contributed by atoms with Crippen LogP contribution in [0.4, 0.5) is 4.39 Å². The molecule has 2 amide bonds. The van der Waals surface area contributed by atoms with Gasteiger partial charge in [0.1, 0.15) is 5.82 Å². The Morgan fingerprint density at radius 1 is 0.889 bits per heavy atom. The Bertz CT molecular complexity index is 1030. The third kappa shape index (κ3) is 5.35. The smallest absolute Gasteiger partial charge is 0.231 e. The maximum Gasteiger partial charge on any atom is 0.231 e. The number of nitrogens with one attached hydrogen (secondary N) is 1. The highest BCUT2D eigenvalue weighted by atomic mass is 19.1. The molecule has 2 saturated carbocycles. The fourth-order valence-corrected chi connectivity index (χ4v) is 7.03. The van der Waals surface area contributed by atoms with Crippen molar-refractivity contribution in [2.24, 2.45) is 11.8 Å². The molecule has 3 atom stereocenters. The number of aryl methyl sites for hydroxylation is 1. The number of carbonyl (C=O) groups excluding carboxylic acids is 2. The summed E-state index contributed by atoms with van der Waals surface area (Å²) in [5.74, 6) is 1.40. The quantitative estimate of drug-likeness (QED) is 0.557. The topological polar surface area (TPSA) is 49.4 Å². The van der Waals surface area contributed by atoms with E-state index >= 15 is 0 Å². The standard InChI is InChI=1S/C31H39FN2O2/c32-26-16-13-23(14-17-26)15-18-29(35)34-21-19-31(20-22-34,25-9-2-1-3-10-25)30(36)33-28-12-6-8-24-7-4-5-11-27(24)28/h1-3,9-10,13-14,16-17,24,27-28H,4-8,11-12,15,18-22H2,(H,33,36). The first-order valence-electron chi connectivity index (χ1n) is 13.9. The first-order chi connectivity index (χ1) is 17.5. The third-order valence-electron chi connectivity index (χ3n) is 9.16. The van der Waals surface area contributed by atoms with Gasteiger partial charge in [0.25, 0.3) is 0 Å². The van der Waals surface area contributed by atoms with Crippen molar-refractivity contribution in [1.29, 1.82) is 0 Å². The molecule has 1 N–H and O–H groups in total. The van der Waals surface area contributed by atoms with E-state index in [1.165, 1.54) is 50.7 Å². The van der Waals surface area contributed by atoms with Gasteiger partial charge >= 0.3 is 0 Å². The van der Waals surface area contributed by atoms with E-state index in [-0.39, 0.29) is 23.7 Å². The van der Waals surface area contributed by atoms with Crippen molar-refractivity contribution >= 4 is 11.8 Å². The second kappa shape index (κ2) is 11.1. The minimum Gasteiger partial charge on any atom is -0.352 e. The highest BCUT2D eigenvalue weighted by Crippen LogP contribution is 2.42. The Hall–Kier alpha value is -2.69. The van der Waals surface area contributed by atoms with Crippen LogP contribution in [0, 0.1) is 17.7 Å². The molecule has 1 saturated heterocycles. The van der Waals surface area contributed by atoms with Crippen molar-refractivity contribution in [2.75, 3.05) is 13.1 Å². The van der Waals surface area contributed by atoms with Gasteiger partial charge in [-0.25, -0.2) is 4.39 Å². The van der Waals surface area contributed by atoms with Gasteiger partial charge in [-0.2, -0.15) is 0 Å². The van der Waals surface area contributed by atoms with Crippen LogP contribution in [0.2, 0.25) is 0 Å². The van der Waals surface area contributed by atoms with Gasteiger partial charge < -0.3 is 10.2 Å². The van der Waals surface area contributed by atoms with Gasteiger partial charge in [0.15, 0.2) is 0 Å². The van der Waals surface area contributed by atoms with Gasteiger partial charge in [0.05, 0.1) is 5.41 Å². The Morgan fingerprint density at radius 2 is 1.58 bits per heavy atom. The summed E-state index contributed by atoms with van der Waals surface area (Å²) in [4.78, 5) is 28.9. The van der Waals surface area contributed by atoms with Crippen LogP contribution in [0.5, 0.6) is 0 Å². The average molecular weight is 491 g/mol. The van der Waals surface area contributed by atoms with E-state index in [4.69, 9.17) is 0 Å². The third-order valence-corrected chi connectivity index (χ3v) is 9.16. The molecule has 5 rings (SSSR count). The second-order valence-electron chi connectivity index (χ2n) is 11.2. The summed E-state index contributed by atoms with van der Waals surface area (Å²) < 4.78 is 13.2. The second-order valence-corrected chi connectivity index (χ2v) is 11.2. The van der Waals surface area contributed by atoms with Crippen molar-refractivity contribution in [3.8, 4) is 0 Å². The zero-order chi connectivity index (χ0) is 25.0. The summed E-state index contributed by atoms with van der Waals surface area (Å²) in [5.41, 5.74) is 1.45. The van der Waals surface area contributed by atoms with E-state index in [1.54, 1.807) is 12.1 Å². The van der Waals surface area contributed by atoms with Gasteiger partial charge in [0, 0.05) is 25.6 Å². The summed E-state index contributed by atoms with van der Waals surface area (Å²) in [7, 11) is 0. The number of benzene rings is 2. The molecule has 1 aliphatic heterocycles. The fraction of sp³-hybridized carbons (Fsp3) is 0.548. The molecular formula is C31H39FN2O2. The van der Waals surface area contributed by atoms with Crippen molar-refractivity contribution in [3.05, 3.63) is 71.5 Å². The number of rotatable bonds is 6. The highest BCUT2D eigenvalue weighted by molar-refractivity contribution is 5.89. The van der Waals surface area contributed by atoms with E-state index in [0.717, 1.165) is 23.5 Å². The molecule has 0 radical (unpaired) electrons. The molecule has 4 nitrogen and oxygen atoms in total. The lowest BCUT2D eigenvalue weighted by molar-refractivity contribution is -0.137. The maximum absolute atomic E-state index is 14.0. The minimum absolute atomic E-state index is 0.110. The summed E-state index contributed by atoms with van der Waals surface area (Å²) in [6.45, 7) is 1.17. The van der Waals surface area contributed by atoms with Crippen LogP contribution in [0.1, 0.15) is 75.3 Å². The summed E-state index contributed by atoms with van der Waals surface area (Å²) in [6.07, 6.45) is 11.1. The number of hydrogen-bond acceptors (Lipinski definition) is 2. The lowest BCUT2D eigenvalue weighted by Crippen LogP contribution is -2.56. The number of nitrogens with zero attached hydrogens (tertiary/aromatic N) is 1. The zero-order valence-corrected chi connectivity index (χ0v) is 21.3. The minimum atomic E-state index is -0.587. The van der Waals surface area contributed by atoms with Crippen LogP contribution in [-0.4, -0.2) is 35.8 Å². The van der Waals surface area contributed by atoms with E-state index in [0.29, 0.717) is 44.7 Å². The van der Waals surface area contributed by atoms with Crippen molar-refractivity contribution in [2.45, 2.75) is 82.1 Å². The molecule has 2 aromatic carbocycles. The number of carbonyl (C=O) groups is 2. The van der Waals surface area contributed by atoms with Crippen molar-refractivity contribution < 1.29 is 14.0 Å². The summed E-state index contributed by atoms with van der Waals surface area (Å²) in [5, 5.41) is 3.55. The van der Waals surface area contributed by atoms with Gasteiger partial charge in [-0.3, -0.25) is 9.59 Å². The molecule has 0 spiro atoms. The summed E-state index contributed by atoms with van der Waals surface area (Å²) in [6, 6.07) is 16.8. The lowest BCUT2D eigenvalue weighted by atomic mass is 9.67. The number of amides is 2. The molecule has 3 unspecified atom stereocenters.